The number of hydrogen-bond donors (Lipinski definition) is 1. The molecule has 42 heavy (non-hydrogen) atoms. The van der Waals surface area contributed by atoms with Gasteiger partial charge in [-0.2, -0.15) is 13.2 Å². The highest BCUT2D eigenvalue weighted by Gasteiger charge is 2.48. The molecule has 4 aliphatic rings. The maximum atomic E-state index is 14.9. The quantitative estimate of drug-likeness (QED) is 0.215. The van der Waals surface area contributed by atoms with Crippen LogP contribution in [0.2, 0.25) is 0 Å². The Morgan fingerprint density at radius 2 is 1.79 bits per heavy atom. The van der Waals surface area contributed by atoms with Crippen LogP contribution in [0.1, 0.15) is 59.4 Å². The van der Waals surface area contributed by atoms with Crippen molar-refractivity contribution >= 4 is 23.5 Å². The predicted molar refractivity (Wildman–Crippen MR) is 151 cm³/mol. The fourth-order valence-electron chi connectivity index (χ4n) is 6.22. The summed E-state index contributed by atoms with van der Waals surface area (Å²) >= 11 is 1.96. The second-order valence-corrected chi connectivity index (χ2v) is 12.9. The number of alkyl halides is 3. The summed E-state index contributed by atoms with van der Waals surface area (Å²) < 4.78 is 65.0. The van der Waals surface area contributed by atoms with E-state index in [4.69, 9.17) is 4.74 Å². The maximum absolute atomic E-state index is 14.9. The SMILES string of the molecule is O=C(O)C1=C2c3cnc(OCc4cc(-c5ccc(C6CCN(SC7CC7)CC6)cc5)c(C(F)(F)F)cc4F)cc3CC12. The summed E-state index contributed by atoms with van der Waals surface area (Å²) in [5, 5.41) is 10.0. The largest absolute Gasteiger partial charge is 0.478 e. The number of nitrogens with zero attached hydrogens (tertiary/aromatic N) is 2. The van der Waals surface area contributed by atoms with E-state index in [1.54, 1.807) is 24.4 Å². The van der Waals surface area contributed by atoms with Gasteiger partial charge in [-0.25, -0.2) is 14.2 Å². The molecule has 0 bridgehead atoms. The average Bonchev–Trinajstić information content (AvgIpc) is 3.89. The van der Waals surface area contributed by atoms with Crippen LogP contribution < -0.4 is 4.74 Å². The molecule has 3 aliphatic carbocycles. The number of rotatable bonds is 8. The first-order valence-electron chi connectivity index (χ1n) is 14.2. The van der Waals surface area contributed by atoms with Gasteiger partial charge < -0.3 is 9.84 Å². The Morgan fingerprint density at radius 1 is 1.05 bits per heavy atom. The lowest BCUT2D eigenvalue weighted by atomic mass is 9.88. The normalized spacial score (nSPS) is 20.4. The average molecular weight is 597 g/mol. The van der Waals surface area contributed by atoms with E-state index >= 15 is 0 Å². The number of hydrogen-bond acceptors (Lipinski definition) is 5. The summed E-state index contributed by atoms with van der Waals surface area (Å²) in [6.45, 7) is 1.72. The minimum atomic E-state index is -4.73. The van der Waals surface area contributed by atoms with Crippen molar-refractivity contribution in [3.05, 3.63) is 87.9 Å². The first kappa shape index (κ1) is 27.5. The molecule has 5 nitrogen and oxygen atoms in total. The zero-order valence-corrected chi connectivity index (χ0v) is 23.4. The van der Waals surface area contributed by atoms with E-state index in [9.17, 15) is 27.5 Å². The van der Waals surface area contributed by atoms with E-state index in [1.165, 1.54) is 18.9 Å². The van der Waals surface area contributed by atoms with Crippen LogP contribution in [0.3, 0.4) is 0 Å². The van der Waals surface area contributed by atoms with Crippen LogP contribution in [0.4, 0.5) is 17.6 Å². The zero-order valence-electron chi connectivity index (χ0n) is 22.6. The summed E-state index contributed by atoms with van der Waals surface area (Å²) in [5.74, 6) is -1.45. The van der Waals surface area contributed by atoms with Crippen molar-refractivity contribution in [2.75, 3.05) is 13.1 Å². The molecule has 1 aromatic heterocycles. The van der Waals surface area contributed by atoms with Crippen molar-refractivity contribution in [1.82, 2.24) is 9.29 Å². The number of benzene rings is 2. The molecule has 0 spiro atoms. The van der Waals surface area contributed by atoms with Crippen LogP contribution in [-0.4, -0.2) is 38.7 Å². The number of aliphatic carboxylic acids is 1. The third-order valence-electron chi connectivity index (χ3n) is 8.65. The molecule has 2 aromatic carbocycles. The number of piperidine rings is 1. The topological polar surface area (TPSA) is 62.7 Å². The molecule has 1 atom stereocenters. The van der Waals surface area contributed by atoms with Crippen LogP contribution in [0.5, 0.6) is 5.88 Å². The summed E-state index contributed by atoms with van der Waals surface area (Å²) in [5.41, 5.74) is 3.22. The van der Waals surface area contributed by atoms with Crippen LogP contribution in [0.15, 0.2) is 54.2 Å². The van der Waals surface area contributed by atoms with Gasteiger partial charge in [-0.1, -0.05) is 36.2 Å². The number of carbonyl (C=O) groups is 1. The lowest BCUT2D eigenvalue weighted by Crippen LogP contribution is -2.28. The Balaban J connectivity index is 1.08. The second kappa shape index (κ2) is 10.4. The Labute approximate surface area is 244 Å². The van der Waals surface area contributed by atoms with Gasteiger partial charge in [-0.15, -0.1) is 0 Å². The molecule has 3 aromatic rings. The van der Waals surface area contributed by atoms with Gasteiger partial charge in [-0.3, -0.25) is 4.31 Å². The standard InChI is InChI=1S/C32H28F4N2O3S/c33-27-14-26(32(34,35)36)23(19-3-1-17(2-4-19)18-7-9-38(10-8-18)42-22-5-6-22)12-21(27)16-41-28-13-20-11-24-29(25(20)15-37-28)30(24)31(39)40/h1-4,12-15,18,22,24H,5-11,16H2,(H,39,40). The molecule has 2 heterocycles. The Kier molecular flexibility index (Phi) is 6.81. The molecule has 10 heteroatoms. The number of carboxylic acids is 1. The van der Waals surface area contributed by atoms with Crippen LogP contribution in [-0.2, 0) is 24.0 Å². The van der Waals surface area contributed by atoms with Gasteiger partial charge in [-0.05, 0) is 78.0 Å². The molecule has 1 saturated carbocycles. The first-order chi connectivity index (χ1) is 20.2. The van der Waals surface area contributed by atoms with E-state index < -0.39 is 23.5 Å². The summed E-state index contributed by atoms with van der Waals surface area (Å²) in [7, 11) is 0. The maximum Gasteiger partial charge on any atom is 0.417 e. The van der Waals surface area contributed by atoms with Gasteiger partial charge in [0.25, 0.3) is 0 Å². The Bertz CT molecular complexity index is 1590. The van der Waals surface area contributed by atoms with Gasteiger partial charge in [0, 0.05) is 53.2 Å². The summed E-state index contributed by atoms with van der Waals surface area (Å²) in [6, 6.07) is 10.6. The van der Waals surface area contributed by atoms with Crippen molar-refractivity contribution in [3.8, 4) is 17.0 Å². The highest BCUT2D eigenvalue weighted by atomic mass is 32.2. The predicted octanol–water partition coefficient (Wildman–Crippen LogP) is 7.50. The number of carboxylic acid groups (broad SMARTS) is 1. The van der Waals surface area contributed by atoms with Gasteiger partial charge in [0.05, 0.1) is 5.56 Å². The minimum absolute atomic E-state index is 0.0105. The minimum Gasteiger partial charge on any atom is -0.478 e. The molecule has 0 amide bonds. The van der Waals surface area contributed by atoms with E-state index in [0.717, 1.165) is 53.4 Å². The van der Waals surface area contributed by atoms with E-state index in [-0.39, 0.29) is 29.5 Å². The first-order valence-corrected chi connectivity index (χ1v) is 15.0. The smallest absolute Gasteiger partial charge is 0.417 e. The number of ether oxygens (including phenoxy) is 1. The molecular formula is C32H28F4N2O3S. The lowest BCUT2D eigenvalue weighted by Gasteiger charge is -2.31. The van der Waals surface area contributed by atoms with Crippen molar-refractivity contribution in [2.45, 2.75) is 56.1 Å². The third-order valence-corrected chi connectivity index (χ3v) is 10.1. The molecule has 1 unspecified atom stereocenters. The van der Waals surface area contributed by atoms with Crippen molar-refractivity contribution in [2.24, 2.45) is 5.92 Å². The Hall–Kier alpha value is -3.37. The number of pyridine rings is 1. The van der Waals surface area contributed by atoms with E-state index in [0.29, 0.717) is 29.5 Å². The van der Waals surface area contributed by atoms with Gasteiger partial charge >= 0.3 is 12.1 Å². The van der Waals surface area contributed by atoms with Crippen LogP contribution in [0.25, 0.3) is 16.7 Å². The summed E-state index contributed by atoms with van der Waals surface area (Å²) in [4.78, 5) is 15.5. The van der Waals surface area contributed by atoms with E-state index in [2.05, 4.69) is 9.29 Å². The van der Waals surface area contributed by atoms with Crippen LogP contribution >= 0.6 is 11.9 Å². The van der Waals surface area contributed by atoms with Crippen molar-refractivity contribution in [1.29, 1.82) is 0 Å². The second-order valence-electron chi connectivity index (χ2n) is 11.5. The molecule has 1 N–H and O–H groups in total. The zero-order chi connectivity index (χ0) is 29.2. The monoisotopic (exact) mass is 596 g/mol. The van der Waals surface area contributed by atoms with Crippen molar-refractivity contribution in [3.63, 3.8) is 0 Å². The number of fused-ring (bicyclic) bond motifs is 3. The van der Waals surface area contributed by atoms with Gasteiger partial charge in [0.15, 0.2) is 0 Å². The molecule has 7 rings (SSSR count). The van der Waals surface area contributed by atoms with Crippen LogP contribution in [0, 0.1) is 11.7 Å². The van der Waals surface area contributed by atoms with Gasteiger partial charge in [0.2, 0.25) is 5.88 Å². The molecule has 0 radical (unpaired) electrons. The third kappa shape index (κ3) is 5.30. The van der Waals surface area contributed by atoms with Crippen molar-refractivity contribution < 1.29 is 32.2 Å². The lowest BCUT2D eigenvalue weighted by molar-refractivity contribution is -0.137. The molecular weight excluding hydrogens is 568 g/mol. The Morgan fingerprint density at radius 3 is 2.45 bits per heavy atom. The highest BCUT2D eigenvalue weighted by molar-refractivity contribution is 7.97. The fourth-order valence-corrected chi connectivity index (χ4v) is 7.41. The summed E-state index contributed by atoms with van der Waals surface area (Å²) in [6.07, 6.45) is 1.97. The highest BCUT2D eigenvalue weighted by Crippen LogP contribution is 2.55. The molecule has 218 valence electrons. The number of aromatic nitrogens is 1. The van der Waals surface area contributed by atoms with Gasteiger partial charge in [0.1, 0.15) is 12.4 Å². The molecule has 1 aliphatic heterocycles. The number of allylic oxidation sites excluding steroid dienone is 1. The fraction of sp³-hybridized carbons (Fsp3) is 0.375. The number of halogens is 4. The van der Waals surface area contributed by atoms with E-state index in [1.807, 2.05) is 24.1 Å². The molecule has 1 saturated heterocycles. The molecule has 2 fully saturated rings.